The van der Waals surface area contributed by atoms with Crippen LogP contribution in [0.3, 0.4) is 0 Å². The van der Waals surface area contributed by atoms with E-state index in [4.69, 9.17) is 23.2 Å². The van der Waals surface area contributed by atoms with E-state index in [-0.39, 0.29) is 5.91 Å². The molecule has 1 unspecified atom stereocenters. The number of rotatable bonds is 3. The summed E-state index contributed by atoms with van der Waals surface area (Å²) in [6.07, 6.45) is 0.955. The lowest BCUT2D eigenvalue weighted by Crippen LogP contribution is -2.29. The number of carbonyl (C=O) groups is 2. The number of carbonyl (C=O) groups excluding carboxylic acids is 2. The number of halogens is 2. The maximum atomic E-state index is 10.9. The Morgan fingerprint density at radius 1 is 1.42 bits per heavy atom. The van der Waals surface area contributed by atoms with Crippen molar-refractivity contribution in [1.29, 1.82) is 0 Å². The molecule has 0 spiro atoms. The maximum Gasteiger partial charge on any atom is 0.322 e. The fourth-order valence-electron chi connectivity index (χ4n) is 0.955. The molecule has 6 heteroatoms. The summed E-state index contributed by atoms with van der Waals surface area (Å²) < 4.78 is 0. The van der Waals surface area contributed by atoms with Crippen molar-refractivity contribution in [3.05, 3.63) is 0 Å². The minimum atomic E-state index is -0.490. The van der Waals surface area contributed by atoms with E-state index in [1.54, 1.807) is 0 Å². The van der Waals surface area contributed by atoms with Crippen LogP contribution in [-0.2, 0) is 4.79 Å². The van der Waals surface area contributed by atoms with Crippen LogP contribution in [0.15, 0.2) is 0 Å². The first-order valence-corrected chi connectivity index (χ1v) is 4.36. The van der Waals surface area contributed by atoms with Gasteiger partial charge in [0.15, 0.2) is 0 Å². The van der Waals surface area contributed by atoms with Crippen molar-refractivity contribution >= 4 is 35.1 Å². The van der Waals surface area contributed by atoms with Crippen LogP contribution in [0.25, 0.3) is 0 Å². The van der Waals surface area contributed by atoms with E-state index in [9.17, 15) is 9.59 Å². The van der Waals surface area contributed by atoms with Gasteiger partial charge in [0.25, 0.3) is 5.91 Å². The van der Waals surface area contributed by atoms with Crippen molar-refractivity contribution in [2.45, 2.75) is 23.7 Å². The van der Waals surface area contributed by atoms with Gasteiger partial charge in [-0.2, -0.15) is 0 Å². The number of urea groups is 1. The van der Waals surface area contributed by atoms with Crippen LogP contribution < -0.4 is 10.6 Å². The predicted octanol–water partition coefficient (Wildman–Crippen LogP) is 0.778. The van der Waals surface area contributed by atoms with Gasteiger partial charge in [-0.15, -0.1) is 23.2 Å². The normalized spacial score (nSPS) is 22.8. The number of alkyl halides is 2. The summed E-state index contributed by atoms with van der Waals surface area (Å²) in [4.78, 5) is 21.0. The van der Waals surface area contributed by atoms with Gasteiger partial charge >= 0.3 is 6.03 Å². The molecule has 1 fully saturated rings. The Morgan fingerprint density at radius 3 is 2.50 bits per heavy atom. The lowest BCUT2D eigenvalue weighted by Gasteiger charge is -2.05. The molecule has 1 heterocycles. The molecule has 0 saturated carbocycles. The van der Waals surface area contributed by atoms with E-state index in [1.165, 1.54) is 0 Å². The molecule has 0 aliphatic carbocycles. The first kappa shape index (κ1) is 9.61. The molecule has 0 aromatic heterocycles. The van der Waals surface area contributed by atoms with Gasteiger partial charge in [0.1, 0.15) is 10.9 Å². The first-order valence-electron chi connectivity index (χ1n) is 3.49. The smallest absolute Gasteiger partial charge is 0.322 e. The Hall–Kier alpha value is -0.480. The number of hydrogen-bond acceptors (Lipinski definition) is 2. The highest BCUT2D eigenvalue weighted by molar-refractivity contribution is 6.44. The Morgan fingerprint density at radius 2 is 2.08 bits per heavy atom. The first-order chi connectivity index (χ1) is 5.59. The second-order valence-corrected chi connectivity index (χ2v) is 3.76. The topological polar surface area (TPSA) is 58.2 Å². The Balaban J connectivity index is 2.33. The molecule has 1 aliphatic heterocycles. The van der Waals surface area contributed by atoms with Gasteiger partial charge < -0.3 is 5.32 Å². The second kappa shape index (κ2) is 3.96. The fraction of sp³-hybridized carbons (Fsp3) is 0.667. The molecule has 12 heavy (non-hydrogen) atoms. The average molecular weight is 211 g/mol. The highest BCUT2D eigenvalue weighted by Crippen LogP contribution is 2.12. The third-order valence-electron chi connectivity index (χ3n) is 1.53. The molecular weight excluding hydrogens is 203 g/mol. The average Bonchev–Trinajstić information content (AvgIpc) is 2.26. The van der Waals surface area contributed by atoms with Crippen molar-refractivity contribution in [2.24, 2.45) is 0 Å². The highest BCUT2D eigenvalue weighted by Gasteiger charge is 2.29. The largest absolute Gasteiger partial charge is 0.326 e. The van der Waals surface area contributed by atoms with Crippen LogP contribution in [0.4, 0.5) is 4.79 Å². The minimum absolute atomic E-state index is 0.311. The number of imide groups is 1. The van der Waals surface area contributed by atoms with Crippen molar-refractivity contribution in [1.82, 2.24) is 10.6 Å². The molecule has 1 saturated heterocycles. The van der Waals surface area contributed by atoms with Gasteiger partial charge in [-0.05, 0) is 12.8 Å². The van der Waals surface area contributed by atoms with Crippen LogP contribution in [0.2, 0.25) is 0 Å². The van der Waals surface area contributed by atoms with Gasteiger partial charge in [0, 0.05) is 0 Å². The molecule has 1 aliphatic rings. The number of amides is 3. The molecule has 3 amide bonds. The van der Waals surface area contributed by atoms with Crippen molar-refractivity contribution < 1.29 is 9.59 Å². The number of hydrogen-bond donors (Lipinski definition) is 2. The molecule has 68 valence electrons. The van der Waals surface area contributed by atoms with Gasteiger partial charge in [-0.1, -0.05) is 0 Å². The summed E-state index contributed by atoms with van der Waals surface area (Å²) in [7, 11) is 0. The third kappa shape index (κ3) is 2.53. The predicted molar refractivity (Wildman–Crippen MR) is 45.2 cm³/mol. The Labute approximate surface area is 79.6 Å². The molecule has 1 rings (SSSR count). The van der Waals surface area contributed by atoms with Crippen molar-refractivity contribution in [3.8, 4) is 0 Å². The van der Waals surface area contributed by atoms with Gasteiger partial charge in [-0.3, -0.25) is 10.1 Å². The zero-order valence-electron chi connectivity index (χ0n) is 6.14. The maximum absolute atomic E-state index is 10.9. The summed E-state index contributed by atoms with van der Waals surface area (Å²) in [6, 6.07) is -0.928. The van der Waals surface area contributed by atoms with Gasteiger partial charge in [0.2, 0.25) is 0 Å². The summed E-state index contributed by atoms with van der Waals surface area (Å²) in [5, 5.41) is 4.56. The Kier molecular flexibility index (Phi) is 3.17. The third-order valence-corrected chi connectivity index (χ3v) is 1.97. The van der Waals surface area contributed by atoms with Crippen LogP contribution in [-0.4, -0.2) is 22.8 Å². The van der Waals surface area contributed by atoms with Gasteiger partial charge in [-0.25, -0.2) is 4.79 Å². The Bertz CT molecular complexity index is 208. The van der Waals surface area contributed by atoms with Crippen LogP contribution in [0.5, 0.6) is 0 Å². The van der Waals surface area contributed by atoms with Crippen molar-refractivity contribution in [3.63, 3.8) is 0 Å². The molecule has 0 radical (unpaired) electrons. The van der Waals surface area contributed by atoms with E-state index < -0.39 is 16.9 Å². The summed E-state index contributed by atoms with van der Waals surface area (Å²) >= 11 is 10.9. The molecular formula is C6H8Cl2N2O2. The molecule has 2 N–H and O–H groups in total. The molecule has 0 aromatic carbocycles. The molecule has 0 bridgehead atoms. The minimum Gasteiger partial charge on any atom is -0.326 e. The van der Waals surface area contributed by atoms with E-state index in [1.807, 2.05) is 0 Å². The van der Waals surface area contributed by atoms with E-state index >= 15 is 0 Å². The summed E-state index contributed by atoms with van der Waals surface area (Å²) in [5.74, 6) is -0.311. The molecule has 0 aromatic rings. The zero-order chi connectivity index (χ0) is 9.14. The van der Waals surface area contributed by atoms with Crippen LogP contribution in [0, 0.1) is 0 Å². The fourth-order valence-corrected chi connectivity index (χ4v) is 1.21. The zero-order valence-corrected chi connectivity index (χ0v) is 7.65. The number of nitrogens with one attached hydrogen (secondary N) is 2. The lowest BCUT2D eigenvalue weighted by molar-refractivity contribution is -0.120. The quantitative estimate of drug-likeness (QED) is 0.535. The molecule has 1 atom stereocenters. The summed E-state index contributed by atoms with van der Waals surface area (Å²) in [5.41, 5.74) is 0. The van der Waals surface area contributed by atoms with Crippen LogP contribution in [0.1, 0.15) is 12.8 Å². The second-order valence-electron chi connectivity index (χ2n) is 2.48. The molecule has 4 nitrogen and oxygen atoms in total. The van der Waals surface area contributed by atoms with E-state index in [0.29, 0.717) is 12.8 Å². The standard InChI is InChI=1S/C6H8Cl2N2O2/c7-4(8)2-1-3-5(11)10-6(12)9-3/h3-4H,1-2H2,(H2,9,10,11,12). The lowest BCUT2D eigenvalue weighted by atomic mass is 10.2. The monoisotopic (exact) mass is 210 g/mol. The highest BCUT2D eigenvalue weighted by atomic mass is 35.5. The van der Waals surface area contributed by atoms with E-state index in [2.05, 4.69) is 10.6 Å². The van der Waals surface area contributed by atoms with Gasteiger partial charge in [0.05, 0.1) is 0 Å². The van der Waals surface area contributed by atoms with Crippen LogP contribution >= 0.6 is 23.2 Å². The van der Waals surface area contributed by atoms with E-state index in [0.717, 1.165) is 0 Å². The summed E-state index contributed by atoms with van der Waals surface area (Å²) in [6.45, 7) is 0. The van der Waals surface area contributed by atoms with Crippen molar-refractivity contribution in [2.75, 3.05) is 0 Å². The SMILES string of the molecule is O=C1NC(=O)C(CCC(Cl)Cl)N1.